The second kappa shape index (κ2) is 11.1. The third-order valence-corrected chi connectivity index (χ3v) is 6.28. The molecule has 8 nitrogen and oxygen atoms in total. The van der Waals surface area contributed by atoms with Crippen LogP contribution in [0.3, 0.4) is 0 Å². The van der Waals surface area contributed by atoms with Gasteiger partial charge in [0.05, 0.1) is 11.1 Å². The molecule has 0 bridgehead atoms. The summed E-state index contributed by atoms with van der Waals surface area (Å²) in [6, 6.07) is 5.78. The average Bonchev–Trinajstić information content (AvgIpc) is 2.81. The summed E-state index contributed by atoms with van der Waals surface area (Å²) in [5, 5.41) is 0. The first-order valence-corrected chi connectivity index (χ1v) is 11.3. The standard InChI is InChI=1S/C24H32N2O6/c1-17-7-11-25(12-8-17)21(27)15-31-23(29)19-3-5-20(6-4-19)24(30)32-16-22(28)26-13-9-18(2)10-14-26/h3-6,17-18H,7-16H2,1-2H3. The molecule has 32 heavy (non-hydrogen) atoms. The maximum atomic E-state index is 12.2. The number of nitrogens with zero attached hydrogens (tertiary/aromatic N) is 2. The van der Waals surface area contributed by atoms with Crippen LogP contribution in [0.25, 0.3) is 0 Å². The number of likely N-dealkylation sites (tertiary alicyclic amines) is 2. The van der Waals surface area contributed by atoms with Crippen LogP contribution in [-0.4, -0.2) is 72.9 Å². The Labute approximate surface area is 188 Å². The van der Waals surface area contributed by atoms with Gasteiger partial charge in [0, 0.05) is 26.2 Å². The molecule has 2 fully saturated rings. The van der Waals surface area contributed by atoms with Crippen molar-refractivity contribution in [3.63, 3.8) is 0 Å². The van der Waals surface area contributed by atoms with E-state index >= 15 is 0 Å². The molecule has 174 valence electrons. The number of esters is 2. The first-order valence-electron chi connectivity index (χ1n) is 11.3. The topological polar surface area (TPSA) is 93.2 Å². The van der Waals surface area contributed by atoms with Crippen molar-refractivity contribution in [2.75, 3.05) is 39.4 Å². The minimum Gasteiger partial charge on any atom is -0.452 e. The SMILES string of the molecule is CC1CCN(C(=O)COC(=O)c2ccc(C(=O)OCC(=O)N3CCC(C)CC3)cc2)CC1. The Kier molecular flexibility index (Phi) is 8.25. The molecular weight excluding hydrogens is 412 g/mol. The predicted octanol–water partition coefficient (Wildman–Crippen LogP) is 2.52. The van der Waals surface area contributed by atoms with Crippen LogP contribution in [0.4, 0.5) is 0 Å². The van der Waals surface area contributed by atoms with Gasteiger partial charge in [0.25, 0.3) is 11.8 Å². The fourth-order valence-corrected chi connectivity index (χ4v) is 3.86. The van der Waals surface area contributed by atoms with Crippen molar-refractivity contribution in [2.45, 2.75) is 39.5 Å². The Hall–Kier alpha value is -2.90. The lowest BCUT2D eigenvalue weighted by Crippen LogP contribution is -2.40. The summed E-state index contributed by atoms with van der Waals surface area (Å²) in [4.78, 5) is 52.3. The Balaban J connectivity index is 1.42. The Morgan fingerprint density at radius 3 is 1.31 bits per heavy atom. The lowest BCUT2D eigenvalue weighted by molar-refractivity contribution is -0.136. The molecule has 2 amide bonds. The van der Waals surface area contributed by atoms with Gasteiger partial charge in [0.2, 0.25) is 0 Å². The Morgan fingerprint density at radius 1 is 0.688 bits per heavy atom. The van der Waals surface area contributed by atoms with E-state index in [4.69, 9.17) is 9.47 Å². The smallest absolute Gasteiger partial charge is 0.338 e. The minimum absolute atomic E-state index is 0.196. The van der Waals surface area contributed by atoms with E-state index in [2.05, 4.69) is 13.8 Å². The summed E-state index contributed by atoms with van der Waals surface area (Å²) in [6.45, 7) is 6.48. The molecule has 1 aromatic rings. The molecule has 2 aliphatic heterocycles. The first kappa shape index (κ1) is 23.8. The molecule has 1 aromatic carbocycles. The summed E-state index contributed by atoms with van der Waals surface area (Å²) >= 11 is 0. The quantitative estimate of drug-likeness (QED) is 0.626. The van der Waals surface area contributed by atoms with Crippen molar-refractivity contribution in [3.8, 4) is 0 Å². The summed E-state index contributed by atoms with van der Waals surface area (Å²) in [5.74, 6) is -0.426. The second-order valence-electron chi connectivity index (χ2n) is 8.86. The molecule has 0 unspecified atom stereocenters. The number of hydrogen-bond donors (Lipinski definition) is 0. The minimum atomic E-state index is -0.627. The lowest BCUT2D eigenvalue weighted by Gasteiger charge is -2.30. The number of piperidine rings is 2. The van der Waals surface area contributed by atoms with Gasteiger partial charge in [-0.2, -0.15) is 0 Å². The highest BCUT2D eigenvalue weighted by Gasteiger charge is 2.23. The normalized spacial score (nSPS) is 17.7. The average molecular weight is 445 g/mol. The molecule has 0 aliphatic carbocycles. The molecule has 8 heteroatoms. The van der Waals surface area contributed by atoms with Crippen LogP contribution in [0, 0.1) is 11.8 Å². The van der Waals surface area contributed by atoms with Gasteiger partial charge in [-0.1, -0.05) is 13.8 Å². The Morgan fingerprint density at radius 2 is 1.00 bits per heavy atom. The van der Waals surface area contributed by atoms with E-state index in [0.717, 1.165) is 25.7 Å². The number of rotatable bonds is 6. The van der Waals surface area contributed by atoms with Crippen molar-refractivity contribution in [1.82, 2.24) is 9.80 Å². The van der Waals surface area contributed by atoms with Gasteiger partial charge >= 0.3 is 11.9 Å². The lowest BCUT2D eigenvalue weighted by atomic mass is 9.99. The molecule has 0 aromatic heterocycles. The van der Waals surface area contributed by atoms with E-state index in [0.29, 0.717) is 38.0 Å². The van der Waals surface area contributed by atoms with E-state index in [9.17, 15) is 19.2 Å². The van der Waals surface area contributed by atoms with Crippen molar-refractivity contribution < 1.29 is 28.7 Å². The molecule has 2 heterocycles. The second-order valence-corrected chi connectivity index (χ2v) is 8.86. The van der Waals surface area contributed by atoms with E-state index in [1.165, 1.54) is 24.3 Å². The number of carbonyl (C=O) groups is 4. The zero-order chi connectivity index (χ0) is 23.1. The predicted molar refractivity (Wildman–Crippen MR) is 117 cm³/mol. The number of benzene rings is 1. The molecule has 3 rings (SSSR count). The fraction of sp³-hybridized carbons (Fsp3) is 0.583. The highest BCUT2D eigenvalue weighted by Crippen LogP contribution is 2.17. The molecule has 0 saturated carbocycles. The van der Waals surface area contributed by atoms with Gasteiger partial charge in [-0.25, -0.2) is 9.59 Å². The van der Waals surface area contributed by atoms with Gasteiger partial charge in [0.15, 0.2) is 13.2 Å². The number of amides is 2. The van der Waals surface area contributed by atoms with Gasteiger partial charge in [0.1, 0.15) is 0 Å². The molecule has 2 saturated heterocycles. The maximum absolute atomic E-state index is 12.2. The number of carbonyl (C=O) groups excluding carboxylic acids is 4. The summed E-state index contributed by atoms with van der Waals surface area (Å²) < 4.78 is 10.3. The highest BCUT2D eigenvalue weighted by atomic mass is 16.5. The zero-order valence-corrected chi connectivity index (χ0v) is 18.9. The van der Waals surface area contributed by atoms with Gasteiger partial charge in [-0.3, -0.25) is 9.59 Å². The third kappa shape index (κ3) is 6.55. The van der Waals surface area contributed by atoms with Crippen LogP contribution < -0.4 is 0 Å². The van der Waals surface area contributed by atoms with Gasteiger partial charge in [-0.15, -0.1) is 0 Å². The van der Waals surface area contributed by atoms with Crippen LogP contribution in [-0.2, 0) is 19.1 Å². The summed E-state index contributed by atoms with van der Waals surface area (Å²) in [6.07, 6.45) is 3.83. The van der Waals surface area contributed by atoms with Gasteiger partial charge < -0.3 is 19.3 Å². The number of hydrogen-bond acceptors (Lipinski definition) is 6. The van der Waals surface area contributed by atoms with E-state index in [1.807, 2.05) is 0 Å². The molecule has 0 N–H and O–H groups in total. The third-order valence-electron chi connectivity index (χ3n) is 6.28. The Bertz CT molecular complexity index is 752. The van der Waals surface area contributed by atoms with Crippen LogP contribution in [0.5, 0.6) is 0 Å². The van der Waals surface area contributed by atoms with Crippen molar-refractivity contribution in [2.24, 2.45) is 11.8 Å². The van der Waals surface area contributed by atoms with E-state index in [1.54, 1.807) is 9.80 Å². The first-order chi connectivity index (χ1) is 15.3. The highest BCUT2D eigenvalue weighted by molar-refractivity contribution is 5.95. The largest absolute Gasteiger partial charge is 0.452 e. The summed E-state index contributed by atoms with van der Waals surface area (Å²) in [7, 11) is 0. The monoisotopic (exact) mass is 444 g/mol. The van der Waals surface area contributed by atoms with Crippen LogP contribution >= 0.6 is 0 Å². The van der Waals surface area contributed by atoms with Crippen molar-refractivity contribution >= 4 is 23.8 Å². The molecule has 2 aliphatic rings. The number of ether oxygens (including phenoxy) is 2. The van der Waals surface area contributed by atoms with Gasteiger partial charge in [-0.05, 0) is 61.8 Å². The van der Waals surface area contributed by atoms with Crippen molar-refractivity contribution in [3.05, 3.63) is 35.4 Å². The molecular formula is C24H32N2O6. The molecule has 0 radical (unpaired) electrons. The van der Waals surface area contributed by atoms with Crippen LogP contribution in [0.1, 0.15) is 60.2 Å². The van der Waals surface area contributed by atoms with E-state index in [-0.39, 0.29) is 36.2 Å². The fourth-order valence-electron chi connectivity index (χ4n) is 3.86. The van der Waals surface area contributed by atoms with Crippen molar-refractivity contribution in [1.29, 1.82) is 0 Å². The van der Waals surface area contributed by atoms with Crippen LogP contribution in [0.15, 0.2) is 24.3 Å². The van der Waals surface area contributed by atoms with E-state index < -0.39 is 11.9 Å². The molecule has 0 atom stereocenters. The van der Waals surface area contributed by atoms with Crippen LogP contribution in [0.2, 0.25) is 0 Å². The maximum Gasteiger partial charge on any atom is 0.338 e. The zero-order valence-electron chi connectivity index (χ0n) is 18.9. The molecule has 0 spiro atoms. The summed E-state index contributed by atoms with van der Waals surface area (Å²) in [5.41, 5.74) is 0.472.